The van der Waals surface area contributed by atoms with Crippen molar-refractivity contribution in [3.8, 4) is 0 Å². The molecule has 0 aromatic heterocycles. The summed E-state index contributed by atoms with van der Waals surface area (Å²) in [5.41, 5.74) is -1.71. The van der Waals surface area contributed by atoms with E-state index in [1.54, 1.807) is 27.7 Å². The molecule has 0 aliphatic rings. The van der Waals surface area contributed by atoms with Gasteiger partial charge in [-0.05, 0) is 26.7 Å². The predicted octanol–water partition coefficient (Wildman–Crippen LogP) is 3.46. The van der Waals surface area contributed by atoms with E-state index in [1.807, 2.05) is 0 Å². The van der Waals surface area contributed by atoms with Crippen molar-refractivity contribution < 1.29 is 19.1 Å². The fourth-order valence-corrected chi connectivity index (χ4v) is 2.27. The van der Waals surface area contributed by atoms with Crippen molar-refractivity contribution in [3.05, 3.63) is 10.1 Å². The summed E-state index contributed by atoms with van der Waals surface area (Å²) in [4.78, 5) is 24.5. The number of esters is 2. The van der Waals surface area contributed by atoms with Crippen LogP contribution in [0.3, 0.4) is 0 Å². The molecule has 0 spiro atoms. The second kappa shape index (κ2) is 7.75. The Labute approximate surface area is 124 Å². The average molecular weight is 311 g/mol. The summed E-state index contributed by atoms with van der Waals surface area (Å²) in [5.74, 6) is -1.94. The summed E-state index contributed by atoms with van der Waals surface area (Å²) >= 11 is 12.0. The van der Waals surface area contributed by atoms with Crippen LogP contribution in [-0.2, 0) is 19.1 Å². The number of halogens is 2. The molecule has 0 aliphatic heterocycles. The molecule has 0 amide bonds. The lowest BCUT2D eigenvalue weighted by atomic mass is 9.76. The summed E-state index contributed by atoms with van der Waals surface area (Å²) in [5, 5.41) is 0.109. The Balaban J connectivity index is 5.98. The highest BCUT2D eigenvalue weighted by atomic mass is 35.5. The first-order valence-corrected chi connectivity index (χ1v) is 6.89. The molecule has 0 heterocycles. The molecule has 0 N–H and O–H groups in total. The van der Waals surface area contributed by atoms with Crippen molar-refractivity contribution in [2.24, 2.45) is 11.3 Å². The van der Waals surface area contributed by atoms with Gasteiger partial charge in [-0.3, -0.25) is 9.59 Å². The Morgan fingerprint density at radius 3 is 1.63 bits per heavy atom. The first-order chi connectivity index (χ1) is 8.76. The van der Waals surface area contributed by atoms with E-state index >= 15 is 0 Å². The molecule has 19 heavy (non-hydrogen) atoms. The highest BCUT2D eigenvalue weighted by molar-refractivity contribution is 6.42. The Kier molecular flexibility index (Phi) is 7.45. The Hall–Kier alpha value is -0.740. The van der Waals surface area contributed by atoms with E-state index < -0.39 is 23.3 Å². The van der Waals surface area contributed by atoms with Gasteiger partial charge in [-0.25, -0.2) is 0 Å². The Morgan fingerprint density at radius 1 is 1.05 bits per heavy atom. The van der Waals surface area contributed by atoms with Gasteiger partial charge in [0, 0.05) is 5.03 Å². The standard InChI is InChI=1S/C13H20Cl2O4/c1-6-18-11(16)13(8(3)4,10(15)9(5)14)12(17)19-7-2/h8H,6-7H2,1-5H3. The van der Waals surface area contributed by atoms with Gasteiger partial charge in [0.25, 0.3) is 0 Å². The monoisotopic (exact) mass is 310 g/mol. The first-order valence-electron chi connectivity index (χ1n) is 6.13. The maximum Gasteiger partial charge on any atom is 0.329 e. The summed E-state index contributed by atoms with van der Waals surface area (Å²) in [6.07, 6.45) is 0. The second-order valence-electron chi connectivity index (χ2n) is 4.25. The van der Waals surface area contributed by atoms with E-state index in [0.29, 0.717) is 0 Å². The number of allylic oxidation sites excluding steroid dienone is 1. The van der Waals surface area contributed by atoms with Gasteiger partial charge in [-0.2, -0.15) is 0 Å². The highest BCUT2D eigenvalue weighted by Crippen LogP contribution is 2.43. The molecular formula is C13H20Cl2O4. The fourth-order valence-electron chi connectivity index (χ4n) is 1.75. The molecule has 0 aromatic rings. The lowest BCUT2D eigenvalue weighted by Gasteiger charge is -2.32. The molecule has 0 unspecified atom stereocenters. The summed E-state index contributed by atoms with van der Waals surface area (Å²) < 4.78 is 9.98. The van der Waals surface area contributed by atoms with Crippen LogP contribution in [0.5, 0.6) is 0 Å². The van der Waals surface area contributed by atoms with Crippen molar-refractivity contribution in [1.82, 2.24) is 0 Å². The minimum atomic E-state index is -1.71. The van der Waals surface area contributed by atoms with Crippen molar-refractivity contribution in [2.45, 2.75) is 34.6 Å². The Bertz CT molecular complexity index is 353. The lowest BCUT2D eigenvalue weighted by Crippen LogP contribution is -2.47. The molecule has 110 valence electrons. The molecule has 0 radical (unpaired) electrons. The maximum atomic E-state index is 12.3. The molecule has 6 heteroatoms. The van der Waals surface area contributed by atoms with Gasteiger partial charge in [-0.1, -0.05) is 37.0 Å². The third kappa shape index (κ3) is 3.63. The van der Waals surface area contributed by atoms with E-state index in [2.05, 4.69) is 0 Å². The van der Waals surface area contributed by atoms with E-state index in [-0.39, 0.29) is 23.3 Å². The third-order valence-electron chi connectivity index (χ3n) is 2.71. The first kappa shape index (κ1) is 18.3. The van der Waals surface area contributed by atoms with Crippen LogP contribution < -0.4 is 0 Å². The minimum absolute atomic E-state index is 0.0546. The SMILES string of the molecule is CCOC(=O)C(C(=O)OCC)(C(Cl)=C(C)Cl)C(C)C. The largest absolute Gasteiger partial charge is 0.465 e. The zero-order chi connectivity index (χ0) is 15.2. The van der Waals surface area contributed by atoms with Crippen LogP contribution in [0.4, 0.5) is 0 Å². The van der Waals surface area contributed by atoms with Gasteiger partial charge in [-0.15, -0.1) is 0 Å². The van der Waals surface area contributed by atoms with Crippen molar-refractivity contribution >= 4 is 35.1 Å². The molecule has 0 aromatic carbocycles. The number of rotatable bonds is 6. The topological polar surface area (TPSA) is 52.6 Å². The zero-order valence-corrected chi connectivity index (χ0v) is 13.4. The number of hydrogen-bond acceptors (Lipinski definition) is 4. The molecule has 0 fully saturated rings. The molecule has 0 saturated heterocycles. The number of carbonyl (C=O) groups is 2. The number of carbonyl (C=O) groups excluding carboxylic acids is 2. The lowest BCUT2D eigenvalue weighted by molar-refractivity contribution is -0.171. The van der Waals surface area contributed by atoms with E-state index in [4.69, 9.17) is 32.7 Å². The summed E-state index contributed by atoms with van der Waals surface area (Å²) in [7, 11) is 0. The van der Waals surface area contributed by atoms with Gasteiger partial charge in [0.2, 0.25) is 5.41 Å². The maximum absolute atomic E-state index is 12.3. The van der Waals surface area contributed by atoms with E-state index in [1.165, 1.54) is 6.92 Å². The molecule has 0 aliphatic carbocycles. The number of hydrogen-bond donors (Lipinski definition) is 0. The molecular weight excluding hydrogens is 291 g/mol. The smallest absolute Gasteiger partial charge is 0.329 e. The van der Waals surface area contributed by atoms with Gasteiger partial charge in [0.15, 0.2) is 0 Å². The Morgan fingerprint density at radius 2 is 1.42 bits per heavy atom. The molecule has 0 rings (SSSR count). The molecule has 4 nitrogen and oxygen atoms in total. The second-order valence-corrected chi connectivity index (χ2v) is 5.20. The quantitative estimate of drug-likeness (QED) is 0.557. The van der Waals surface area contributed by atoms with E-state index in [0.717, 1.165) is 0 Å². The fraction of sp³-hybridized carbons (Fsp3) is 0.692. The van der Waals surface area contributed by atoms with Crippen LogP contribution in [0.15, 0.2) is 10.1 Å². The van der Waals surface area contributed by atoms with Crippen molar-refractivity contribution in [3.63, 3.8) is 0 Å². The van der Waals surface area contributed by atoms with E-state index in [9.17, 15) is 9.59 Å². The summed E-state index contributed by atoms with van der Waals surface area (Å²) in [6, 6.07) is 0. The van der Waals surface area contributed by atoms with Gasteiger partial charge < -0.3 is 9.47 Å². The van der Waals surface area contributed by atoms with Gasteiger partial charge in [0.05, 0.1) is 18.2 Å². The van der Waals surface area contributed by atoms with Crippen LogP contribution in [0.1, 0.15) is 34.6 Å². The van der Waals surface area contributed by atoms with Crippen LogP contribution in [0, 0.1) is 11.3 Å². The molecule has 0 saturated carbocycles. The molecule has 0 bridgehead atoms. The van der Waals surface area contributed by atoms with Crippen molar-refractivity contribution in [1.29, 1.82) is 0 Å². The summed E-state index contributed by atoms with van der Waals surface area (Å²) in [6.45, 7) is 8.47. The number of ether oxygens (including phenoxy) is 2. The average Bonchev–Trinajstić information content (AvgIpc) is 2.29. The third-order valence-corrected chi connectivity index (χ3v) is 3.58. The van der Waals surface area contributed by atoms with Crippen LogP contribution in [0.25, 0.3) is 0 Å². The molecule has 0 atom stereocenters. The normalized spacial score (nSPS) is 13.1. The van der Waals surface area contributed by atoms with Gasteiger partial charge in [0.1, 0.15) is 0 Å². The zero-order valence-electron chi connectivity index (χ0n) is 11.9. The van der Waals surface area contributed by atoms with Crippen LogP contribution in [0.2, 0.25) is 0 Å². The minimum Gasteiger partial charge on any atom is -0.465 e. The van der Waals surface area contributed by atoms with Crippen LogP contribution in [-0.4, -0.2) is 25.2 Å². The highest BCUT2D eigenvalue weighted by Gasteiger charge is 2.55. The van der Waals surface area contributed by atoms with Crippen molar-refractivity contribution in [2.75, 3.05) is 13.2 Å². The van der Waals surface area contributed by atoms with Gasteiger partial charge >= 0.3 is 11.9 Å². The predicted molar refractivity (Wildman–Crippen MR) is 74.9 cm³/mol. The van der Waals surface area contributed by atoms with Crippen LogP contribution >= 0.6 is 23.2 Å².